The molecular formula is C13H17NO3. The molecule has 0 saturated carbocycles. The molecule has 1 saturated heterocycles. The van der Waals surface area contributed by atoms with Crippen LogP contribution in [0.4, 0.5) is 4.79 Å². The summed E-state index contributed by atoms with van der Waals surface area (Å²) in [5.74, 6) is 0. The Hall–Kier alpha value is -1.55. The van der Waals surface area contributed by atoms with Crippen molar-refractivity contribution in [1.29, 1.82) is 0 Å². The first-order valence-corrected chi connectivity index (χ1v) is 5.89. The van der Waals surface area contributed by atoms with Gasteiger partial charge in [0.25, 0.3) is 0 Å². The minimum absolute atomic E-state index is 0.0143. The summed E-state index contributed by atoms with van der Waals surface area (Å²) in [4.78, 5) is 13.4. The summed E-state index contributed by atoms with van der Waals surface area (Å²) >= 11 is 0. The molecule has 1 aliphatic rings. The first-order chi connectivity index (χ1) is 8.31. The smallest absolute Gasteiger partial charge is 0.410 e. The number of hydrogen-bond acceptors (Lipinski definition) is 3. The zero-order valence-corrected chi connectivity index (χ0v) is 9.71. The number of likely N-dealkylation sites (tertiary alicyclic amines) is 1. The lowest BCUT2D eigenvalue weighted by molar-refractivity contribution is 0.0795. The van der Waals surface area contributed by atoms with E-state index in [1.54, 1.807) is 4.90 Å². The average Bonchev–Trinajstić information content (AvgIpc) is 2.85. The van der Waals surface area contributed by atoms with Crippen LogP contribution < -0.4 is 0 Å². The molecule has 1 atom stereocenters. The second-order valence-corrected chi connectivity index (χ2v) is 4.21. The van der Waals surface area contributed by atoms with Crippen molar-refractivity contribution in [2.24, 2.45) is 0 Å². The molecule has 1 aromatic rings. The Bertz CT molecular complexity index is 366. The van der Waals surface area contributed by atoms with Crippen molar-refractivity contribution < 1.29 is 14.6 Å². The molecule has 1 fully saturated rings. The second kappa shape index (κ2) is 5.68. The molecule has 0 bridgehead atoms. The largest absolute Gasteiger partial charge is 0.445 e. The molecule has 0 spiro atoms. The van der Waals surface area contributed by atoms with Gasteiger partial charge in [-0.25, -0.2) is 4.79 Å². The topological polar surface area (TPSA) is 49.8 Å². The monoisotopic (exact) mass is 235 g/mol. The van der Waals surface area contributed by atoms with E-state index < -0.39 is 0 Å². The summed E-state index contributed by atoms with van der Waals surface area (Å²) in [5.41, 5.74) is 0.973. The zero-order valence-electron chi connectivity index (χ0n) is 9.71. The normalized spacial score (nSPS) is 19.4. The molecule has 4 heteroatoms. The molecule has 0 aromatic heterocycles. The minimum atomic E-state index is -0.328. The highest BCUT2D eigenvalue weighted by molar-refractivity contribution is 5.68. The Kier molecular flexibility index (Phi) is 3.98. The van der Waals surface area contributed by atoms with Crippen molar-refractivity contribution in [1.82, 2.24) is 4.90 Å². The number of carbonyl (C=O) groups excluding carboxylic acids is 1. The number of amides is 1. The van der Waals surface area contributed by atoms with Crippen LogP contribution in [-0.4, -0.2) is 35.3 Å². The summed E-state index contributed by atoms with van der Waals surface area (Å²) in [6, 6.07) is 9.51. The van der Waals surface area contributed by atoms with Gasteiger partial charge in [0.05, 0.1) is 12.6 Å². The second-order valence-electron chi connectivity index (χ2n) is 4.21. The number of aliphatic hydroxyl groups is 1. The molecule has 1 heterocycles. The van der Waals surface area contributed by atoms with Crippen LogP contribution in [0.1, 0.15) is 18.4 Å². The molecule has 92 valence electrons. The van der Waals surface area contributed by atoms with Gasteiger partial charge in [-0.15, -0.1) is 0 Å². The van der Waals surface area contributed by atoms with Gasteiger partial charge in [-0.2, -0.15) is 0 Å². The van der Waals surface area contributed by atoms with Gasteiger partial charge in [0.1, 0.15) is 6.61 Å². The fraction of sp³-hybridized carbons (Fsp3) is 0.462. The number of benzene rings is 1. The molecule has 1 amide bonds. The fourth-order valence-electron chi connectivity index (χ4n) is 2.07. The van der Waals surface area contributed by atoms with Gasteiger partial charge >= 0.3 is 6.09 Å². The predicted octanol–water partition coefficient (Wildman–Crippen LogP) is 1.78. The number of aliphatic hydroxyl groups excluding tert-OH is 1. The first-order valence-electron chi connectivity index (χ1n) is 5.89. The maximum atomic E-state index is 11.8. The number of ether oxygens (including phenoxy) is 1. The van der Waals surface area contributed by atoms with Crippen molar-refractivity contribution in [3.8, 4) is 0 Å². The van der Waals surface area contributed by atoms with Crippen LogP contribution in [0.5, 0.6) is 0 Å². The maximum absolute atomic E-state index is 11.8. The number of hydrogen-bond donors (Lipinski definition) is 1. The molecule has 1 aromatic carbocycles. The van der Waals surface area contributed by atoms with Gasteiger partial charge in [0.2, 0.25) is 0 Å². The lowest BCUT2D eigenvalue weighted by atomic mass is 10.2. The van der Waals surface area contributed by atoms with Crippen LogP contribution in [-0.2, 0) is 11.3 Å². The minimum Gasteiger partial charge on any atom is -0.445 e. The van der Waals surface area contributed by atoms with E-state index in [0.717, 1.165) is 18.4 Å². The molecule has 0 aliphatic carbocycles. The van der Waals surface area contributed by atoms with Gasteiger partial charge in [-0.05, 0) is 18.4 Å². The van der Waals surface area contributed by atoms with Crippen LogP contribution in [0.2, 0.25) is 0 Å². The van der Waals surface area contributed by atoms with E-state index in [-0.39, 0.29) is 25.3 Å². The quantitative estimate of drug-likeness (QED) is 0.868. The third-order valence-corrected chi connectivity index (χ3v) is 3.03. The molecule has 1 N–H and O–H groups in total. The SMILES string of the molecule is O=C(OCc1ccccc1)N1CCCC1CO. The lowest BCUT2D eigenvalue weighted by Crippen LogP contribution is -2.37. The Morgan fingerprint density at radius 3 is 2.88 bits per heavy atom. The summed E-state index contributed by atoms with van der Waals surface area (Å²) in [6.45, 7) is 0.980. The summed E-state index contributed by atoms with van der Waals surface area (Å²) in [6.07, 6.45) is 1.47. The van der Waals surface area contributed by atoms with Crippen LogP contribution in [0.25, 0.3) is 0 Å². The Morgan fingerprint density at radius 1 is 1.41 bits per heavy atom. The van der Waals surface area contributed by atoms with Crippen molar-refractivity contribution in [2.75, 3.05) is 13.2 Å². The van der Waals surface area contributed by atoms with Crippen molar-refractivity contribution >= 4 is 6.09 Å². The van der Waals surface area contributed by atoms with Gasteiger partial charge in [0, 0.05) is 6.54 Å². The van der Waals surface area contributed by atoms with E-state index in [1.807, 2.05) is 30.3 Å². The van der Waals surface area contributed by atoms with Gasteiger partial charge in [-0.3, -0.25) is 0 Å². The third kappa shape index (κ3) is 2.97. The highest BCUT2D eigenvalue weighted by Gasteiger charge is 2.28. The Labute approximate surface area is 101 Å². The third-order valence-electron chi connectivity index (χ3n) is 3.03. The van der Waals surface area contributed by atoms with Gasteiger partial charge in [-0.1, -0.05) is 30.3 Å². The van der Waals surface area contributed by atoms with E-state index >= 15 is 0 Å². The number of nitrogens with zero attached hydrogens (tertiary/aromatic N) is 1. The van der Waals surface area contributed by atoms with Crippen molar-refractivity contribution in [2.45, 2.75) is 25.5 Å². The highest BCUT2D eigenvalue weighted by Crippen LogP contribution is 2.18. The van der Waals surface area contributed by atoms with Gasteiger partial charge < -0.3 is 14.7 Å². The lowest BCUT2D eigenvalue weighted by Gasteiger charge is -2.22. The molecule has 2 rings (SSSR count). The number of carbonyl (C=O) groups is 1. The van der Waals surface area contributed by atoms with Crippen LogP contribution in [0.3, 0.4) is 0 Å². The van der Waals surface area contributed by atoms with E-state index in [0.29, 0.717) is 6.54 Å². The Balaban J connectivity index is 1.85. The zero-order chi connectivity index (χ0) is 12.1. The van der Waals surface area contributed by atoms with E-state index in [2.05, 4.69) is 0 Å². The van der Waals surface area contributed by atoms with Crippen molar-refractivity contribution in [3.63, 3.8) is 0 Å². The van der Waals surface area contributed by atoms with Crippen LogP contribution in [0.15, 0.2) is 30.3 Å². The maximum Gasteiger partial charge on any atom is 0.410 e. The van der Waals surface area contributed by atoms with Crippen molar-refractivity contribution in [3.05, 3.63) is 35.9 Å². The highest BCUT2D eigenvalue weighted by atomic mass is 16.6. The number of rotatable bonds is 3. The molecule has 0 radical (unpaired) electrons. The van der Waals surface area contributed by atoms with Crippen LogP contribution in [0, 0.1) is 0 Å². The standard InChI is InChI=1S/C13H17NO3/c15-9-12-7-4-8-14(12)13(16)17-10-11-5-2-1-3-6-11/h1-3,5-6,12,15H,4,7-10H2. The summed E-state index contributed by atoms with van der Waals surface area (Å²) in [7, 11) is 0. The van der Waals surface area contributed by atoms with Gasteiger partial charge in [0.15, 0.2) is 0 Å². The van der Waals surface area contributed by atoms with E-state index in [9.17, 15) is 4.79 Å². The summed E-state index contributed by atoms with van der Waals surface area (Å²) < 4.78 is 5.22. The molecular weight excluding hydrogens is 218 g/mol. The van der Waals surface area contributed by atoms with E-state index in [4.69, 9.17) is 9.84 Å². The predicted molar refractivity (Wildman–Crippen MR) is 63.4 cm³/mol. The summed E-state index contributed by atoms with van der Waals surface area (Å²) in [5, 5.41) is 9.12. The molecule has 1 aliphatic heterocycles. The average molecular weight is 235 g/mol. The molecule has 1 unspecified atom stereocenters. The molecule has 17 heavy (non-hydrogen) atoms. The fourth-order valence-corrected chi connectivity index (χ4v) is 2.07. The Morgan fingerprint density at radius 2 is 2.18 bits per heavy atom. The first kappa shape index (κ1) is 11.9. The molecule has 4 nitrogen and oxygen atoms in total. The van der Waals surface area contributed by atoms with Crippen LogP contribution >= 0.6 is 0 Å². The van der Waals surface area contributed by atoms with E-state index in [1.165, 1.54) is 0 Å².